The third-order valence-corrected chi connectivity index (χ3v) is 6.43. The van der Waals surface area contributed by atoms with Crippen molar-refractivity contribution in [3.63, 3.8) is 0 Å². The third kappa shape index (κ3) is 2.82. The molecule has 1 aliphatic rings. The minimum Gasteiger partial charge on any atom is -0.495 e. The molecule has 1 aliphatic carbocycles. The van der Waals surface area contributed by atoms with E-state index in [1.165, 1.54) is 20.2 Å². The maximum absolute atomic E-state index is 13.0. The number of rotatable bonds is 6. The van der Waals surface area contributed by atoms with Crippen LogP contribution in [0.4, 0.5) is 5.69 Å². The number of amides is 1. The maximum atomic E-state index is 13.0. The highest BCUT2D eigenvalue weighted by atomic mass is 32.2. The number of methoxy groups -OCH3 is 1. The number of carbonyl (C=O) groups excluding carboxylic acids is 1. The minimum atomic E-state index is -4.22. The van der Waals surface area contributed by atoms with E-state index in [2.05, 4.69) is 0 Å². The Kier molecular flexibility index (Phi) is 4.81. The first-order valence-corrected chi connectivity index (χ1v) is 8.72. The molecular weight excluding hydrogens is 338 g/mol. The van der Waals surface area contributed by atoms with Gasteiger partial charge in [0, 0.05) is 19.2 Å². The second-order valence-electron chi connectivity index (χ2n) is 5.67. The number of nitrogens with zero attached hydrogens (tertiary/aromatic N) is 2. The summed E-state index contributed by atoms with van der Waals surface area (Å²) >= 11 is 0. The second-order valence-corrected chi connectivity index (χ2v) is 7.61. The Morgan fingerprint density at radius 2 is 1.96 bits per heavy atom. The number of likely N-dealkylation sites (N-methyl/N-ethyl adjacent to an activating group) is 1. The second kappa shape index (κ2) is 6.36. The molecule has 1 fully saturated rings. The largest absolute Gasteiger partial charge is 0.495 e. The summed E-state index contributed by atoms with van der Waals surface area (Å²) in [5.41, 5.74) is 3.76. The van der Waals surface area contributed by atoms with Crippen LogP contribution in [-0.2, 0) is 14.8 Å². The molecule has 0 atom stereocenters. The number of primary amides is 1. The van der Waals surface area contributed by atoms with Gasteiger partial charge in [0.1, 0.15) is 16.2 Å². The van der Waals surface area contributed by atoms with Crippen LogP contribution >= 0.6 is 0 Å². The van der Waals surface area contributed by atoms with Crippen molar-refractivity contribution in [1.29, 1.82) is 0 Å². The molecule has 2 N–H and O–H groups in total. The number of non-ortho nitro benzene ring substituents is 1. The van der Waals surface area contributed by atoms with Crippen molar-refractivity contribution in [2.75, 3.05) is 14.2 Å². The number of ether oxygens (including phenoxy) is 1. The molecular formula is C14H19N3O6S. The molecule has 0 heterocycles. The van der Waals surface area contributed by atoms with Gasteiger partial charge >= 0.3 is 0 Å². The van der Waals surface area contributed by atoms with E-state index in [1.54, 1.807) is 0 Å². The van der Waals surface area contributed by atoms with Crippen LogP contribution in [0.25, 0.3) is 0 Å². The van der Waals surface area contributed by atoms with Crippen molar-refractivity contribution < 1.29 is 22.9 Å². The molecule has 9 nitrogen and oxygen atoms in total. The highest BCUT2D eigenvalue weighted by Crippen LogP contribution is 2.39. The summed E-state index contributed by atoms with van der Waals surface area (Å²) in [4.78, 5) is 21.8. The van der Waals surface area contributed by atoms with Gasteiger partial charge in [0.15, 0.2) is 0 Å². The number of carbonyl (C=O) groups is 1. The summed E-state index contributed by atoms with van der Waals surface area (Å²) in [6.07, 6.45) is 1.98. The summed E-state index contributed by atoms with van der Waals surface area (Å²) in [5, 5.41) is 11.0. The van der Waals surface area contributed by atoms with Crippen molar-refractivity contribution in [2.45, 2.75) is 36.1 Å². The molecule has 0 saturated heterocycles. The fourth-order valence-electron chi connectivity index (χ4n) is 3.03. The molecule has 0 radical (unpaired) electrons. The molecule has 1 amide bonds. The first kappa shape index (κ1) is 18.1. The normalized spacial score (nSPS) is 17.0. The average molecular weight is 357 g/mol. The van der Waals surface area contributed by atoms with Crippen LogP contribution < -0.4 is 10.5 Å². The Morgan fingerprint density at radius 3 is 2.42 bits per heavy atom. The molecule has 1 saturated carbocycles. The van der Waals surface area contributed by atoms with Crippen LogP contribution in [0.2, 0.25) is 0 Å². The molecule has 1 aromatic carbocycles. The Labute approximate surface area is 139 Å². The van der Waals surface area contributed by atoms with Crippen molar-refractivity contribution in [3.8, 4) is 5.75 Å². The summed E-state index contributed by atoms with van der Waals surface area (Å²) in [5.74, 6) is -0.763. The average Bonchev–Trinajstić information content (AvgIpc) is 3.04. The van der Waals surface area contributed by atoms with Gasteiger partial charge in [-0.05, 0) is 18.9 Å². The molecule has 0 unspecified atom stereocenters. The Morgan fingerprint density at radius 1 is 1.38 bits per heavy atom. The van der Waals surface area contributed by atoms with Gasteiger partial charge in [0.2, 0.25) is 15.9 Å². The lowest BCUT2D eigenvalue weighted by atomic mass is 9.97. The van der Waals surface area contributed by atoms with E-state index in [4.69, 9.17) is 10.5 Å². The number of hydrogen-bond donors (Lipinski definition) is 1. The number of nitrogens with two attached hydrogens (primary N) is 1. The van der Waals surface area contributed by atoms with Gasteiger partial charge in [-0.1, -0.05) is 12.8 Å². The number of hydrogen-bond acceptors (Lipinski definition) is 6. The van der Waals surface area contributed by atoms with Crippen LogP contribution in [0.5, 0.6) is 5.75 Å². The molecule has 2 rings (SSSR count). The predicted octanol–water partition coefficient (Wildman–Crippen LogP) is 1.02. The molecule has 1 aromatic rings. The van der Waals surface area contributed by atoms with Crippen LogP contribution in [0, 0.1) is 10.1 Å². The number of sulfonamides is 1. The quantitative estimate of drug-likeness (QED) is 0.597. The third-order valence-electron chi connectivity index (χ3n) is 4.49. The molecule has 0 spiro atoms. The van der Waals surface area contributed by atoms with Crippen LogP contribution in [0.1, 0.15) is 25.7 Å². The Balaban J connectivity index is 2.59. The topological polar surface area (TPSA) is 133 Å². The molecule has 132 valence electrons. The zero-order valence-electron chi connectivity index (χ0n) is 13.4. The van der Waals surface area contributed by atoms with Crippen molar-refractivity contribution in [1.82, 2.24) is 4.31 Å². The van der Waals surface area contributed by atoms with Crippen molar-refractivity contribution >= 4 is 21.6 Å². The molecule has 0 aromatic heterocycles. The van der Waals surface area contributed by atoms with Gasteiger partial charge in [0.25, 0.3) is 5.69 Å². The highest BCUT2D eigenvalue weighted by molar-refractivity contribution is 7.89. The Hall–Kier alpha value is -2.20. The van der Waals surface area contributed by atoms with Gasteiger partial charge in [-0.2, -0.15) is 4.31 Å². The number of benzene rings is 1. The SMILES string of the molecule is COc1ccc([N+](=O)[O-])cc1S(=O)(=O)N(C)C1(C(N)=O)CCCC1. The zero-order chi connectivity index (χ0) is 18.1. The lowest BCUT2D eigenvalue weighted by molar-refractivity contribution is -0.385. The van der Waals surface area contributed by atoms with E-state index < -0.39 is 26.4 Å². The summed E-state index contributed by atoms with van der Waals surface area (Å²) in [7, 11) is -1.69. The molecule has 0 aliphatic heterocycles. The lowest BCUT2D eigenvalue weighted by Gasteiger charge is -2.35. The first-order valence-electron chi connectivity index (χ1n) is 7.28. The van der Waals surface area contributed by atoms with E-state index in [0.717, 1.165) is 16.4 Å². The van der Waals surface area contributed by atoms with Gasteiger partial charge in [-0.25, -0.2) is 8.42 Å². The van der Waals surface area contributed by atoms with Crippen LogP contribution in [0.15, 0.2) is 23.1 Å². The van der Waals surface area contributed by atoms with Gasteiger partial charge < -0.3 is 10.5 Å². The summed E-state index contributed by atoms with van der Waals surface area (Å²) < 4.78 is 32.0. The fraction of sp³-hybridized carbons (Fsp3) is 0.500. The monoisotopic (exact) mass is 357 g/mol. The standard InChI is InChI=1S/C14H19N3O6S/c1-16(14(13(15)18)7-3-4-8-14)24(21,22)12-9-10(17(19)20)5-6-11(12)23-2/h5-6,9H,3-4,7-8H2,1-2H3,(H2,15,18). The Bertz CT molecular complexity index is 771. The smallest absolute Gasteiger partial charge is 0.271 e. The number of nitro benzene ring substituents is 1. The van der Waals surface area contributed by atoms with E-state index in [1.807, 2.05) is 0 Å². The summed E-state index contributed by atoms with van der Waals surface area (Å²) in [6, 6.07) is 3.29. The van der Waals surface area contributed by atoms with Crippen molar-refractivity contribution in [2.24, 2.45) is 5.73 Å². The van der Waals surface area contributed by atoms with E-state index >= 15 is 0 Å². The van der Waals surface area contributed by atoms with Gasteiger partial charge in [-0.3, -0.25) is 14.9 Å². The van der Waals surface area contributed by atoms with E-state index in [9.17, 15) is 23.3 Å². The summed E-state index contributed by atoms with van der Waals surface area (Å²) in [6.45, 7) is 0. The van der Waals surface area contributed by atoms with Gasteiger partial charge in [-0.15, -0.1) is 0 Å². The fourth-order valence-corrected chi connectivity index (χ4v) is 4.74. The van der Waals surface area contributed by atoms with E-state index in [-0.39, 0.29) is 16.3 Å². The maximum Gasteiger partial charge on any atom is 0.271 e. The van der Waals surface area contributed by atoms with Crippen LogP contribution in [-0.4, -0.2) is 43.2 Å². The van der Waals surface area contributed by atoms with E-state index in [0.29, 0.717) is 25.7 Å². The highest BCUT2D eigenvalue weighted by Gasteiger charge is 2.49. The molecule has 0 bridgehead atoms. The number of nitro groups is 1. The van der Waals surface area contributed by atoms with Gasteiger partial charge in [0.05, 0.1) is 12.0 Å². The minimum absolute atomic E-state index is 0.0370. The first-order chi connectivity index (χ1) is 11.2. The molecule has 10 heteroatoms. The zero-order valence-corrected chi connectivity index (χ0v) is 14.2. The van der Waals surface area contributed by atoms with Crippen molar-refractivity contribution in [3.05, 3.63) is 28.3 Å². The molecule has 24 heavy (non-hydrogen) atoms. The predicted molar refractivity (Wildman–Crippen MR) is 85.0 cm³/mol. The van der Waals surface area contributed by atoms with Crippen LogP contribution in [0.3, 0.4) is 0 Å². The lowest BCUT2D eigenvalue weighted by Crippen LogP contribution is -2.56.